The van der Waals surface area contributed by atoms with Crippen LogP contribution in [0.2, 0.25) is 0 Å². The van der Waals surface area contributed by atoms with E-state index in [1.165, 1.54) is 5.56 Å². The maximum absolute atomic E-state index is 10.8. The van der Waals surface area contributed by atoms with Crippen molar-refractivity contribution in [2.75, 3.05) is 5.32 Å². The first kappa shape index (κ1) is 12.4. The van der Waals surface area contributed by atoms with Crippen LogP contribution < -0.4 is 5.32 Å². The number of hydrogen-bond donors (Lipinski definition) is 2. The third-order valence-electron chi connectivity index (χ3n) is 4.20. The van der Waals surface area contributed by atoms with Crippen molar-refractivity contribution >= 4 is 16.5 Å². The Morgan fingerprint density at radius 3 is 2.76 bits per heavy atom. The molecule has 104 valence electrons. The van der Waals surface area contributed by atoms with Gasteiger partial charge < -0.3 is 10.4 Å². The van der Waals surface area contributed by atoms with E-state index in [-0.39, 0.29) is 6.04 Å². The van der Waals surface area contributed by atoms with Crippen molar-refractivity contribution in [2.45, 2.75) is 18.6 Å². The molecule has 0 radical (unpaired) electrons. The molecule has 3 nitrogen and oxygen atoms in total. The Morgan fingerprint density at radius 1 is 1.05 bits per heavy atom. The van der Waals surface area contributed by atoms with Gasteiger partial charge in [-0.2, -0.15) is 0 Å². The molecule has 0 saturated heterocycles. The zero-order chi connectivity index (χ0) is 14.2. The van der Waals surface area contributed by atoms with Gasteiger partial charge in [0.25, 0.3) is 0 Å². The highest BCUT2D eigenvalue weighted by molar-refractivity contribution is 5.85. The highest BCUT2D eigenvalue weighted by Crippen LogP contribution is 2.33. The van der Waals surface area contributed by atoms with Crippen LogP contribution in [0.25, 0.3) is 10.8 Å². The minimum Gasteiger partial charge on any atom is -0.386 e. The molecule has 1 aliphatic rings. The Morgan fingerprint density at radius 2 is 1.86 bits per heavy atom. The molecule has 0 spiro atoms. The molecule has 1 aromatic heterocycles. The largest absolute Gasteiger partial charge is 0.386 e. The van der Waals surface area contributed by atoms with E-state index < -0.39 is 6.10 Å². The van der Waals surface area contributed by atoms with E-state index >= 15 is 0 Å². The van der Waals surface area contributed by atoms with E-state index in [9.17, 15) is 5.11 Å². The quantitative estimate of drug-likeness (QED) is 0.755. The van der Waals surface area contributed by atoms with Crippen LogP contribution in [0.1, 0.15) is 17.2 Å². The Balaban J connectivity index is 1.71. The van der Waals surface area contributed by atoms with Gasteiger partial charge in [-0.15, -0.1) is 0 Å². The summed E-state index contributed by atoms with van der Waals surface area (Å²) in [5.74, 6) is 0. The summed E-state index contributed by atoms with van der Waals surface area (Å²) in [6, 6.07) is 16.3. The number of aliphatic hydroxyl groups is 1. The maximum atomic E-state index is 10.8. The smallest absolute Gasteiger partial charge is 0.101 e. The normalized spacial score (nSPS) is 18.2. The Bertz CT molecular complexity index is 770. The van der Waals surface area contributed by atoms with Gasteiger partial charge in [0.05, 0.1) is 6.04 Å². The molecule has 0 bridgehead atoms. The molecule has 0 saturated carbocycles. The van der Waals surface area contributed by atoms with E-state index in [4.69, 9.17) is 0 Å². The average molecular weight is 276 g/mol. The fourth-order valence-electron chi connectivity index (χ4n) is 3.11. The van der Waals surface area contributed by atoms with E-state index in [2.05, 4.69) is 22.4 Å². The summed E-state index contributed by atoms with van der Waals surface area (Å²) < 4.78 is 0. The number of rotatable bonds is 2. The SMILES string of the molecule is OC(c1cncc2ccccc12)C1Cc2ccccc2N1. The number of hydrogen-bond acceptors (Lipinski definition) is 3. The highest BCUT2D eigenvalue weighted by atomic mass is 16.3. The van der Waals surface area contributed by atoms with Crippen molar-refractivity contribution in [1.29, 1.82) is 0 Å². The zero-order valence-electron chi connectivity index (χ0n) is 11.5. The Hall–Kier alpha value is -2.39. The molecule has 3 aromatic rings. The molecule has 0 aliphatic carbocycles. The minimum atomic E-state index is -0.573. The maximum Gasteiger partial charge on any atom is 0.101 e. The van der Waals surface area contributed by atoms with E-state index in [1.807, 2.05) is 42.6 Å². The molecular formula is C18H16N2O. The number of fused-ring (bicyclic) bond motifs is 2. The predicted molar refractivity (Wildman–Crippen MR) is 84.3 cm³/mol. The standard InChI is InChI=1S/C18H16N2O/c21-18(17-9-12-5-2-4-8-16(12)20-17)15-11-19-10-13-6-1-3-7-14(13)15/h1-8,10-11,17-18,20-21H,9H2. The van der Waals surface area contributed by atoms with E-state index in [0.29, 0.717) is 0 Å². The van der Waals surface area contributed by atoms with Crippen molar-refractivity contribution in [3.05, 3.63) is 72.1 Å². The second-order valence-corrected chi connectivity index (χ2v) is 5.51. The number of aliphatic hydroxyl groups excluding tert-OH is 1. The average Bonchev–Trinajstić information content (AvgIpc) is 2.97. The molecule has 2 aromatic carbocycles. The van der Waals surface area contributed by atoms with Crippen molar-refractivity contribution < 1.29 is 5.11 Å². The molecule has 1 aliphatic heterocycles. The van der Waals surface area contributed by atoms with Crippen LogP contribution in [0.5, 0.6) is 0 Å². The molecular weight excluding hydrogens is 260 g/mol. The summed E-state index contributed by atoms with van der Waals surface area (Å²) in [6.07, 6.45) is 3.87. The summed E-state index contributed by atoms with van der Waals surface area (Å²) in [6.45, 7) is 0. The summed E-state index contributed by atoms with van der Waals surface area (Å²) in [5.41, 5.74) is 3.27. The van der Waals surface area contributed by atoms with Gasteiger partial charge in [0, 0.05) is 29.0 Å². The summed E-state index contributed by atoms with van der Waals surface area (Å²) in [5, 5.41) is 16.3. The molecule has 0 fully saturated rings. The van der Waals surface area contributed by atoms with E-state index in [0.717, 1.165) is 28.4 Å². The highest BCUT2D eigenvalue weighted by Gasteiger charge is 2.28. The van der Waals surface area contributed by atoms with Crippen LogP contribution >= 0.6 is 0 Å². The van der Waals surface area contributed by atoms with Gasteiger partial charge >= 0.3 is 0 Å². The number of para-hydroxylation sites is 1. The van der Waals surface area contributed by atoms with Crippen LogP contribution in [0.3, 0.4) is 0 Å². The van der Waals surface area contributed by atoms with Gasteiger partial charge in [0.15, 0.2) is 0 Å². The summed E-state index contributed by atoms with van der Waals surface area (Å²) in [7, 11) is 0. The number of aromatic nitrogens is 1. The molecule has 21 heavy (non-hydrogen) atoms. The lowest BCUT2D eigenvalue weighted by molar-refractivity contribution is 0.158. The molecule has 2 heterocycles. The molecule has 4 rings (SSSR count). The lowest BCUT2D eigenvalue weighted by Gasteiger charge is -2.20. The molecule has 3 heteroatoms. The third-order valence-corrected chi connectivity index (χ3v) is 4.20. The van der Waals surface area contributed by atoms with Gasteiger partial charge in [0.1, 0.15) is 6.10 Å². The van der Waals surface area contributed by atoms with Crippen molar-refractivity contribution in [3.8, 4) is 0 Å². The van der Waals surface area contributed by atoms with Crippen molar-refractivity contribution in [3.63, 3.8) is 0 Å². The Labute approximate surface area is 123 Å². The second-order valence-electron chi connectivity index (χ2n) is 5.51. The second kappa shape index (κ2) is 4.86. The monoisotopic (exact) mass is 276 g/mol. The fraction of sp³-hybridized carbons (Fsp3) is 0.167. The van der Waals surface area contributed by atoms with Crippen molar-refractivity contribution in [1.82, 2.24) is 4.98 Å². The summed E-state index contributed by atoms with van der Waals surface area (Å²) >= 11 is 0. The van der Waals surface area contributed by atoms with Gasteiger partial charge in [-0.05, 0) is 23.4 Å². The van der Waals surface area contributed by atoms with Crippen LogP contribution in [-0.4, -0.2) is 16.1 Å². The lowest BCUT2D eigenvalue weighted by atomic mass is 9.96. The fourth-order valence-corrected chi connectivity index (χ4v) is 3.11. The van der Waals surface area contributed by atoms with Crippen molar-refractivity contribution in [2.24, 2.45) is 0 Å². The van der Waals surface area contributed by atoms with Gasteiger partial charge in [-0.3, -0.25) is 4.98 Å². The van der Waals surface area contributed by atoms with Gasteiger partial charge in [0.2, 0.25) is 0 Å². The zero-order valence-corrected chi connectivity index (χ0v) is 11.5. The molecule has 2 N–H and O–H groups in total. The summed E-state index contributed by atoms with van der Waals surface area (Å²) in [4.78, 5) is 4.27. The van der Waals surface area contributed by atoms with Crippen LogP contribution in [0, 0.1) is 0 Å². The first-order valence-electron chi connectivity index (χ1n) is 7.18. The number of nitrogens with zero attached hydrogens (tertiary/aromatic N) is 1. The molecule has 2 atom stereocenters. The van der Waals surface area contributed by atoms with Crippen LogP contribution in [0.15, 0.2) is 60.9 Å². The van der Waals surface area contributed by atoms with Gasteiger partial charge in [-0.25, -0.2) is 0 Å². The Kier molecular flexibility index (Phi) is 2.86. The minimum absolute atomic E-state index is 0.00462. The van der Waals surface area contributed by atoms with Crippen LogP contribution in [-0.2, 0) is 6.42 Å². The first-order chi connectivity index (χ1) is 10.3. The number of benzene rings is 2. The molecule has 2 unspecified atom stereocenters. The first-order valence-corrected chi connectivity index (χ1v) is 7.18. The molecule has 0 amide bonds. The topological polar surface area (TPSA) is 45.2 Å². The number of pyridine rings is 1. The predicted octanol–water partition coefficient (Wildman–Crippen LogP) is 3.31. The van der Waals surface area contributed by atoms with E-state index in [1.54, 1.807) is 6.20 Å². The lowest BCUT2D eigenvalue weighted by Crippen LogP contribution is -2.25. The number of anilines is 1. The number of nitrogens with one attached hydrogen (secondary N) is 1. The van der Waals surface area contributed by atoms with Crippen LogP contribution in [0.4, 0.5) is 5.69 Å². The van der Waals surface area contributed by atoms with Gasteiger partial charge in [-0.1, -0.05) is 42.5 Å². The third kappa shape index (κ3) is 2.06.